The minimum Gasteiger partial charge on any atom is -0.312 e. The normalized spacial score (nSPS) is 30.5. The molecule has 0 amide bonds. The van der Waals surface area contributed by atoms with Crippen molar-refractivity contribution in [2.75, 3.05) is 13.2 Å². The van der Waals surface area contributed by atoms with E-state index in [1.165, 1.54) is 0 Å². The van der Waals surface area contributed by atoms with E-state index in [9.17, 15) is 13.2 Å². The molecular weight excluding hydrogens is 208 g/mol. The molecule has 1 aliphatic heterocycles. The first kappa shape index (κ1) is 11.2. The fourth-order valence-electron chi connectivity index (χ4n) is 0.791. The second-order valence-corrected chi connectivity index (χ2v) is 3.77. The smallest absolute Gasteiger partial charge is 0.312 e. The van der Waals surface area contributed by atoms with Crippen molar-refractivity contribution in [2.45, 2.75) is 19.7 Å². The van der Waals surface area contributed by atoms with Gasteiger partial charge in [-0.15, -0.1) is 13.2 Å². The lowest BCUT2D eigenvalue weighted by Crippen LogP contribution is -2.22. The first-order chi connectivity index (χ1) is 6.01. The lowest BCUT2D eigenvalue weighted by molar-refractivity contribution is -0.280. The van der Waals surface area contributed by atoms with Crippen LogP contribution in [0.15, 0.2) is 0 Å². The molecule has 78 valence electrons. The third kappa shape index (κ3) is 4.22. The van der Waals surface area contributed by atoms with E-state index in [4.69, 9.17) is 9.05 Å². The fourth-order valence-corrected chi connectivity index (χ4v) is 1.80. The molecule has 0 unspecified atom stereocenters. The highest BCUT2D eigenvalue weighted by molar-refractivity contribution is 7.41. The van der Waals surface area contributed by atoms with Crippen LogP contribution in [0.5, 0.6) is 0 Å². The highest BCUT2D eigenvalue weighted by Gasteiger charge is 2.38. The molecule has 13 heavy (non-hydrogen) atoms. The Morgan fingerprint density at radius 1 is 1.38 bits per heavy atom. The van der Waals surface area contributed by atoms with Gasteiger partial charge in [0.05, 0.1) is 13.2 Å². The van der Waals surface area contributed by atoms with Crippen LogP contribution in [0.1, 0.15) is 13.3 Å². The summed E-state index contributed by atoms with van der Waals surface area (Å²) >= 11 is 0. The van der Waals surface area contributed by atoms with Crippen LogP contribution >= 0.6 is 8.60 Å². The Labute approximate surface area is 75.2 Å². The second kappa shape index (κ2) is 4.55. The Morgan fingerprint density at radius 2 is 1.92 bits per heavy atom. The van der Waals surface area contributed by atoms with Crippen LogP contribution < -0.4 is 0 Å². The van der Waals surface area contributed by atoms with Gasteiger partial charge in [-0.05, 0) is 6.42 Å². The quantitative estimate of drug-likeness (QED) is 0.667. The summed E-state index contributed by atoms with van der Waals surface area (Å²) < 4.78 is 48.1. The molecule has 0 aliphatic carbocycles. The van der Waals surface area contributed by atoms with E-state index in [0.29, 0.717) is 0 Å². The Balaban J connectivity index is 2.25. The average molecular weight is 218 g/mol. The maximum absolute atomic E-state index is 11.7. The predicted molar refractivity (Wildman–Crippen MR) is 39.7 cm³/mol. The summed E-state index contributed by atoms with van der Waals surface area (Å²) in [5.41, 5.74) is 0. The van der Waals surface area contributed by atoms with Gasteiger partial charge in [0.25, 0.3) is 0 Å². The van der Waals surface area contributed by atoms with Crippen LogP contribution in [-0.2, 0) is 13.6 Å². The first-order valence-corrected chi connectivity index (χ1v) is 4.92. The van der Waals surface area contributed by atoms with Gasteiger partial charge in [0.2, 0.25) is 0 Å². The van der Waals surface area contributed by atoms with Gasteiger partial charge in [-0.25, -0.2) is 4.52 Å². The van der Waals surface area contributed by atoms with Crippen molar-refractivity contribution in [1.29, 1.82) is 0 Å². The lowest BCUT2D eigenvalue weighted by Gasteiger charge is -2.26. The van der Waals surface area contributed by atoms with Crippen LogP contribution in [-0.4, -0.2) is 19.6 Å². The Bertz CT molecular complexity index is 156. The Hall–Kier alpha value is 0.100. The highest BCUT2D eigenvalue weighted by atomic mass is 31.2. The Morgan fingerprint density at radius 3 is 2.31 bits per heavy atom. The summed E-state index contributed by atoms with van der Waals surface area (Å²) in [6.45, 7) is 2.48. The molecule has 0 N–H and O–H groups in total. The van der Waals surface area contributed by atoms with Crippen LogP contribution in [0.3, 0.4) is 0 Å². The highest BCUT2D eigenvalue weighted by Crippen LogP contribution is 2.48. The molecule has 0 spiro atoms. The number of hydrogen-bond acceptors (Lipinski definition) is 3. The van der Waals surface area contributed by atoms with E-state index in [-0.39, 0.29) is 19.1 Å². The molecule has 1 saturated heterocycles. The van der Waals surface area contributed by atoms with Crippen molar-refractivity contribution in [3.8, 4) is 0 Å². The van der Waals surface area contributed by atoms with Crippen LogP contribution in [0.25, 0.3) is 0 Å². The molecule has 7 heteroatoms. The summed E-state index contributed by atoms with van der Waals surface area (Å²) in [5.74, 6) is 0.176. The molecule has 1 fully saturated rings. The second-order valence-electron chi connectivity index (χ2n) is 2.63. The summed E-state index contributed by atoms with van der Waals surface area (Å²) in [7, 11) is -2.22. The Kier molecular flexibility index (Phi) is 3.91. The van der Waals surface area contributed by atoms with Crippen LogP contribution in [0.2, 0.25) is 0 Å². The average Bonchev–Trinajstić information content (AvgIpc) is 2.03. The largest absolute Gasteiger partial charge is 0.529 e. The van der Waals surface area contributed by atoms with Gasteiger partial charge in [-0.1, -0.05) is 6.92 Å². The minimum absolute atomic E-state index is 0.176. The van der Waals surface area contributed by atoms with E-state index < -0.39 is 15.0 Å². The topological polar surface area (TPSA) is 27.7 Å². The van der Waals surface area contributed by atoms with Gasteiger partial charge in [0.15, 0.2) is 0 Å². The maximum Gasteiger partial charge on any atom is 0.529 e. The van der Waals surface area contributed by atoms with Crippen LogP contribution in [0, 0.1) is 5.92 Å². The number of halogens is 3. The predicted octanol–water partition coefficient (Wildman–Crippen LogP) is 2.82. The zero-order valence-corrected chi connectivity index (χ0v) is 7.90. The summed E-state index contributed by atoms with van der Waals surface area (Å²) in [4.78, 5) is 0. The van der Waals surface area contributed by atoms with Crippen molar-refractivity contribution in [2.24, 2.45) is 5.92 Å². The van der Waals surface area contributed by atoms with Gasteiger partial charge < -0.3 is 9.05 Å². The SMILES string of the molecule is CCC1COP(OC(F)(F)F)OC1. The third-order valence-electron chi connectivity index (χ3n) is 1.59. The van der Waals surface area contributed by atoms with Gasteiger partial charge in [-0.2, -0.15) is 0 Å². The standard InChI is InChI=1S/C6H10F3O3P/c1-2-5-3-10-13(11-4-5)12-6(7,8)9/h5H,2-4H2,1H3. The number of rotatable bonds is 2. The molecule has 0 bridgehead atoms. The molecular formula is C6H10F3O3P. The van der Waals surface area contributed by atoms with E-state index >= 15 is 0 Å². The van der Waals surface area contributed by atoms with Crippen molar-refractivity contribution in [1.82, 2.24) is 0 Å². The van der Waals surface area contributed by atoms with Gasteiger partial charge >= 0.3 is 15.0 Å². The molecule has 3 nitrogen and oxygen atoms in total. The van der Waals surface area contributed by atoms with E-state index in [1.54, 1.807) is 0 Å². The zero-order chi connectivity index (χ0) is 9.90. The van der Waals surface area contributed by atoms with E-state index in [2.05, 4.69) is 4.52 Å². The molecule has 1 aliphatic rings. The molecule has 0 saturated carbocycles. The molecule has 0 radical (unpaired) electrons. The summed E-state index contributed by atoms with van der Waals surface area (Å²) in [5, 5.41) is 0. The maximum atomic E-state index is 11.7. The summed E-state index contributed by atoms with van der Waals surface area (Å²) in [6, 6.07) is 0. The monoisotopic (exact) mass is 218 g/mol. The van der Waals surface area contributed by atoms with Crippen molar-refractivity contribution < 1.29 is 26.7 Å². The number of hydrogen-bond donors (Lipinski definition) is 0. The summed E-state index contributed by atoms with van der Waals surface area (Å²) in [6.07, 6.45) is -3.85. The molecule has 0 aromatic heterocycles. The van der Waals surface area contributed by atoms with E-state index in [1.807, 2.05) is 6.92 Å². The van der Waals surface area contributed by atoms with E-state index in [0.717, 1.165) is 6.42 Å². The lowest BCUT2D eigenvalue weighted by atomic mass is 10.1. The molecule has 1 rings (SSSR count). The molecule has 1 heterocycles. The zero-order valence-electron chi connectivity index (χ0n) is 7.00. The van der Waals surface area contributed by atoms with Crippen molar-refractivity contribution in [3.05, 3.63) is 0 Å². The van der Waals surface area contributed by atoms with Gasteiger partial charge in [0.1, 0.15) is 0 Å². The minimum atomic E-state index is -4.68. The first-order valence-electron chi connectivity index (χ1n) is 3.83. The fraction of sp³-hybridized carbons (Fsp3) is 1.00. The number of alkyl halides is 3. The van der Waals surface area contributed by atoms with Crippen molar-refractivity contribution in [3.63, 3.8) is 0 Å². The molecule has 0 atom stereocenters. The van der Waals surface area contributed by atoms with Gasteiger partial charge in [0, 0.05) is 5.92 Å². The van der Waals surface area contributed by atoms with Crippen molar-refractivity contribution >= 4 is 8.60 Å². The van der Waals surface area contributed by atoms with Gasteiger partial charge in [-0.3, -0.25) is 0 Å². The molecule has 0 aromatic carbocycles. The molecule has 0 aromatic rings. The van der Waals surface area contributed by atoms with Crippen LogP contribution in [0.4, 0.5) is 13.2 Å². The third-order valence-corrected chi connectivity index (χ3v) is 2.66.